The van der Waals surface area contributed by atoms with Crippen LogP contribution in [-0.4, -0.2) is 41.1 Å². The second kappa shape index (κ2) is 12.4. The van der Waals surface area contributed by atoms with Crippen LogP contribution in [0.15, 0.2) is 67.3 Å². The minimum atomic E-state index is -0.250. The Morgan fingerprint density at radius 1 is 0.889 bits per heavy atom. The molecule has 4 N–H and O–H groups in total. The summed E-state index contributed by atoms with van der Waals surface area (Å²) in [7, 11) is 0. The predicted molar refractivity (Wildman–Crippen MR) is 141 cm³/mol. The normalized spacial score (nSPS) is 10.0. The molecule has 0 spiro atoms. The van der Waals surface area contributed by atoms with Crippen molar-refractivity contribution in [2.75, 3.05) is 11.1 Å². The number of nitrogens with zero attached hydrogens (tertiary/aromatic N) is 6. The first kappa shape index (κ1) is 26.3. The van der Waals surface area contributed by atoms with Gasteiger partial charge in [0.1, 0.15) is 11.8 Å². The van der Waals surface area contributed by atoms with Gasteiger partial charge in [-0.3, -0.25) is 9.36 Å². The highest BCUT2D eigenvalue weighted by Gasteiger charge is 2.07. The van der Waals surface area contributed by atoms with Gasteiger partial charge in [-0.25, -0.2) is 15.0 Å². The van der Waals surface area contributed by atoms with E-state index in [1.807, 2.05) is 60.0 Å². The van der Waals surface area contributed by atoms with Crippen LogP contribution in [0, 0.1) is 13.8 Å². The van der Waals surface area contributed by atoms with E-state index in [1.165, 1.54) is 17.3 Å². The van der Waals surface area contributed by atoms with Crippen LogP contribution in [0.5, 0.6) is 0 Å². The first-order valence-electron chi connectivity index (χ1n) is 10.4. The third kappa shape index (κ3) is 7.11. The molecule has 0 amide bonds. The van der Waals surface area contributed by atoms with Crippen molar-refractivity contribution >= 4 is 58.0 Å². The molecule has 0 saturated carbocycles. The second-order valence-electron chi connectivity index (χ2n) is 7.34. The number of aromatic nitrogens is 6. The second-order valence-corrected chi connectivity index (χ2v) is 8.01. The number of anilines is 3. The number of halogens is 2. The highest BCUT2D eigenvalue weighted by Crippen LogP contribution is 2.21. The summed E-state index contributed by atoms with van der Waals surface area (Å²) in [4.78, 5) is 28.5. The molecule has 0 aliphatic carbocycles. The molecule has 36 heavy (non-hydrogen) atoms. The lowest BCUT2D eigenvalue weighted by atomic mass is 10.2. The quantitative estimate of drug-likeness (QED) is 0.213. The zero-order valence-electron chi connectivity index (χ0n) is 19.3. The standard InChI is InChI=1S/C12H9ClN4.C11H11ClN4.CH2O2/c1-8-2-4-9(5-3-8)17-7-15-10-6-14-12(13)16-11(10)17;1-7-2-4-8(5-3-7)15-10-9(13)6-14-11(12)16-10;2-1-3/h2-7H,1H3;2-6H,13H2,1H3,(H,14,15,16);1H,(H,2,3). The van der Waals surface area contributed by atoms with Gasteiger partial charge in [0, 0.05) is 11.4 Å². The number of carbonyl (C=O) groups is 1. The van der Waals surface area contributed by atoms with Crippen molar-refractivity contribution in [1.82, 2.24) is 29.5 Å². The summed E-state index contributed by atoms with van der Waals surface area (Å²) < 4.78 is 1.89. The summed E-state index contributed by atoms with van der Waals surface area (Å²) >= 11 is 11.5. The summed E-state index contributed by atoms with van der Waals surface area (Å²) in [5, 5.41) is 10.4. The number of nitrogens with one attached hydrogen (secondary N) is 1. The Morgan fingerprint density at radius 3 is 2.08 bits per heavy atom. The topological polar surface area (TPSA) is 145 Å². The molecule has 184 valence electrons. The van der Waals surface area contributed by atoms with Gasteiger partial charge in [0.15, 0.2) is 11.5 Å². The van der Waals surface area contributed by atoms with Crippen LogP contribution >= 0.6 is 23.2 Å². The molecule has 10 nitrogen and oxygen atoms in total. The third-order valence-electron chi connectivity index (χ3n) is 4.68. The molecule has 0 atom stereocenters. The number of carboxylic acid groups (broad SMARTS) is 1. The molecule has 3 aromatic heterocycles. The first-order chi connectivity index (χ1) is 17.3. The number of hydrogen-bond acceptors (Lipinski definition) is 8. The van der Waals surface area contributed by atoms with Gasteiger partial charge in [-0.2, -0.15) is 9.97 Å². The van der Waals surface area contributed by atoms with E-state index in [-0.39, 0.29) is 17.0 Å². The largest absolute Gasteiger partial charge is 0.483 e. The molecule has 0 unspecified atom stereocenters. The molecule has 5 aromatic rings. The number of aryl methyl sites for hydroxylation is 2. The summed E-state index contributed by atoms with van der Waals surface area (Å²) in [6.07, 6.45) is 4.82. The van der Waals surface area contributed by atoms with Crippen molar-refractivity contribution in [2.24, 2.45) is 0 Å². The summed E-state index contributed by atoms with van der Waals surface area (Å²) in [6, 6.07) is 16.0. The predicted octanol–water partition coefficient (Wildman–Crippen LogP) is 5.24. The van der Waals surface area contributed by atoms with E-state index in [4.69, 9.17) is 38.8 Å². The van der Waals surface area contributed by atoms with Crippen LogP contribution in [0.1, 0.15) is 11.1 Å². The van der Waals surface area contributed by atoms with E-state index >= 15 is 0 Å². The summed E-state index contributed by atoms with van der Waals surface area (Å²) in [5.74, 6) is 0.517. The number of benzene rings is 2. The van der Waals surface area contributed by atoms with Crippen molar-refractivity contribution in [2.45, 2.75) is 13.8 Å². The number of imidazole rings is 1. The average Bonchev–Trinajstić information content (AvgIpc) is 3.27. The minimum absolute atomic E-state index is 0.170. The van der Waals surface area contributed by atoms with Crippen LogP contribution in [0.25, 0.3) is 16.9 Å². The summed E-state index contributed by atoms with van der Waals surface area (Å²) in [6.45, 7) is 3.83. The van der Waals surface area contributed by atoms with Crippen molar-refractivity contribution in [3.63, 3.8) is 0 Å². The number of hydrogen-bond donors (Lipinski definition) is 3. The van der Waals surface area contributed by atoms with Gasteiger partial charge in [0.2, 0.25) is 10.6 Å². The van der Waals surface area contributed by atoms with Crippen molar-refractivity contribution < 1.29 is 9.90 Å². The fourth-order valence-electron chi connectivity index (χ4n) is 2.93. The van der Waals surface area contributed by atoms with E-state index in [9.17, 15) is 0 Å². The molecule has 0 radical (unpaired) electrons. The van der Waals surface area contributed by atoms with Crippen LogP contribution in [0.3, 0.4) is 0 Å². The number of fused-ring (bicyclic) bond motifs is 1. The lowest BCUT2D eigenvalue weighted by Gasteiger charge is -2.07. The molecule has 5 rings (SSSR count). The fraction of sp³-hybridized carbons (Fsp3) is 0.0833. The Kier molecular flexibility index (Phi) is 9.09. The van der Waals surface area contributed by atoms with Gasteiger partial charge in [0.05, 0.1) is 18.1 Å². The maximum atomic E-state index is 8.36. The van der Waals surface area contributed by atoms with Crippen molar-refractivity contribution in [1.29, 1.82) is 0 Å². The lowest BCUT2D eigenvalue weighted by Crippen LogP contribution is -2.00. The van der Waals surface area contributed by atoms with Crippen molar-refractivity contribution in [3.8, 4) is 5.69 Å². The van der Waals surface area contributed by atoms with Gasteiger partial charge >= 0.3 is 0 Å². The molecule has 0 aliphatic heterocycles. The van der Waals surface area contributed by atoms with Gasteiger partial charge in [-0.15, -0.1) is 0 Å². The molecule has 0 bridgehead atoms. The summed E-state index contributed by atoms with van der Waals surface area (Å²) in [5.41, 5.74) is 12.0. The monoisotopic (exact) mass is 524 g/mol. The molecule has 0 fully saturated rings. The van der Waals surface area contributed by atoms with Crippen LogP contribution in [0.2, 0.25) is 10.6 Å². The zero-order valence-corrected chi connectivity index (χ0v) is 20.8. The molecule has 12 heteroatoms. The van der Waals surface area contributed by atoms with E-state index in [0.717, 1.165) is 16.9 Å². The zero-order chi connectivity index (χ0) is 26.1. The Hall–Kier alpha value is -4.28. The maximum absolute atomic E-state index is 8.36. The van der Waals surface area contributed by atoms with Gasteiger partial charge in [-0.05, 0) is 61.3 Å². The maximum Gasteiger partial charge on any atom is 0.290 e. The molecule has 0 saturated heterocycles. The highest BCUT2D eigenvalue weighted by atomic mass is 35.5. The van der Waals surface area contributed by atoms with E-state index < -0.39 is 0 Å². The minimum Gasteiger partial charge on any atom is -0.483 e. The van der Waals surface area contributed by atoms with Crippen molar-refractivity contribution in [3.05, 3.63) is 88.9 Å². The lowest BCUT2D eigenvalue weighted by molar-refractivity contribution is -0.122. The van der Waals surface area contributed by atoms with Gasteiger partial charge in [0.25, 0.3) is 6.47 Å². The van der Waals surface area contributed by atoms with Gasteiger partial charge < -0.3 is 16.2 Å². The fourth-order valence-corrected chi connectivity index (χ4v) is 3.19. The first-order valence-corrected chi connectivity index (χ1v) is 11.2. The molecule has 3 heterocycles. The van der Waals surface area contributed by atoms with Gasteiger partial charge in [-0.1, -0.05) is 35.4 Å². The number of nitrogens with two attached hydrogens (primary N) is 1. The SMILES string of the molecule is Cc1ccc(-n2cnc3cnc(Cl)nc32)cc1.Cc1ccc(Nc2nc(Cl)ncc2N)cc1.O=CO. The van der Waals surface area contributed by atoms with E-state index in [0.29, 0.717) is 17.2 Å². The Morgan fingerprint density at radius 2 is 1.44 bits per heavy atom. The Balaban J connectivity index is 0.000000182. The average molecular weight is 525 g/mol. The number of rotatable bonds is 3. The molecular formula is C24H22Cl2N8O2. The van der Waals surface area contributed by atoms with E-state index in [1.54, 1.807) is 12.5 Å². The Labute approximate surface area is 216 Å². The van der Waals surface area contributed by atoms with E-state index in [2.05, 4.69) is 37.2 Å². The smallest absolute Gasteiger partial charge is 0.290 e. The molecule has 0 aliphatic rings. The third-order valence-corrected chi connectivity index (χ3v) is 5.04. The number of nitrogen functional groups attached to an aromatic ring is 1. The molecular weight excluding hydrogens is 503 g/mol. The van der Waals surface area contributed by atoms with Crippen LogP contribution < -0.4 is 11.1 Å². The molecule has 2 aromatic carbocycles. The Bertz CT molecular complexity index is 1440. The highest BCUT2D eigenvalue weighted by molar-refractivity contribution is 6.28. The van der Waals surface area contributed by atoms with Crippen LogP contribution in [0.4, 0.5) is 17.2 Å². The van der Waals surface area contributed by atoms with Crippen LogP contribution in [-0.2, 0) is 4.79 Å².